The quantitative estimate of drug-likeness (QED) is 0.918. The van der Waals surface area contributed by atoms with Crippen LogP contribution >= 0.6 is 0 Å². The molecule has 3 fully saturated rings. The van der Waals surface area contributed by atoms with Gasteiger partial charge in [-0.1, -0.05) is 30.3 Å². The highest BCUT2D eigenvalue weighted by Gasteiger charge is 2.49. The smallest absolute Gasteiger partial charge is 0.245 e. The molecule has 1 N–H and O–H groups in total. The first-order valence-electron chi connectivity index (χ1n) is 7.89. The zero-order valence-electron chi connectivity index (χ0n) is 12.0. The predicted octanol–water partition coefficient (Wildman–Crippen LogP) is 1.67. The summed E-state index contributed by atoms with van der Waals surface area (Å²) in [6.45, 7) is 0.571. The molecule has 2 saturated carbocycles. The van der Waals surface area contributed by atoms with E-state index < -0.39 is 0 Å². The molecule has 3 atom stereocenters. The lowest BCUT2D eigenvalue weighted by molar-refractivity contribution is -0.134. The van der Waals surface area contributed by atoms with Gasteiger partial charge in [-0.05, 0) is 30.7 Å². The van der Waals surface area contributed by atoms with Gasteiger partial charge in [0.15, 0.2) is 0 Å². The zero-order chi connectivity index (χ0) is 14.4. The van der Waals surface area contributed by atoms with Gasteiger partial charge in [0.2, 0.25) is 11.8 Å². The Hall–Kier alpha value is -1.84. The summed E-state index contributed by atoms with van der Waals surface area (Å²) in [6, 6.07) is 10.4. The monoisotopic (exact) mass is 284 g/mol. The van der Waals surface area contributed by atoms with Crippen molar-refractivity contribution < 1.29 is 9.59 Å². The summed E-state index contributed by atoms with van der Waals surface area (Å²) in [6.07, 6.45) is 3.60. The number of rotatable bonds is 3. The average molecular weight is 284 g/mol. The summed E-state index contributed by atoms with van der Waals surface area (Å²) in [4.78, 5) is 26.5. The SMILES string of the molecule is O=C1CCN(C2CC2c2ccccc2)C(=O)C(C2CC2)N1. The van der Waals surface area contributed by atoms with Crippen molar-refractivity contribution in [1.29, 1.82) is 0 Å². The zero-order valence-corrected chi connectivity index (χ0v) is 12.0. The molecule has 110 valence electrons. The molecule has 4 nitrogen and oxygen atoms in total. The number of benzene rings is 1. The fourth-order valence-corrected chi connectivity index (χ4v) is 3.48. The normalized spacial score (nSPS) is 32.6. The largest absolute Gasteiger partial charge is 0.344 e. The van der Waals surface area contributed by atoms with E-state index in [1.165, 1.54) is 5.56 Å². The molecule has 2 amide bonds. The second-order valence-electron chi connectivity index (χ2n) is 6.48. The maximum absolute atomic E-state index is 12.7. The lowest BCUT2D eigenvalue weighted by Crippen LogP contribution is -2.47. The topological polar surface area (TPSA) is 49.4 Å². The van der Waals surface area contributed by atoms with Crippen LogP contribution in [-0.4, -0.2) is 35.3 Å². The van der Waals surface area contributed by atoms with E-state index in [0.29, 0.717) is 24.8 Å². The fraction of sp³-hybridized carbons (Fsp3) is 0.529. The molecular formula is C17H20N2O2. The summed E-state index contributed by atoms with van der Waals surface area (Å²) in [5.74, 6) is 0.991. The number of amides is 2. The average Bonchev–Trinajstić information content (AvgIpc) is 3.37. The molecule has 1 aromatic rings. The van der Waals surface area contributed by atoms with E-state index in [1.807, 2.05) is 23.1 Å². The van der Waals surface area contributed by atoms with Gasteiger partial charge in [0.05, 0.1) is 0 Å². The van der Waals surface area contributed by atoms with Crippen molar-refractivity contribution in [2.75, 3.05) is 6.54 Å². The number of hydrogen-bond donors (Lipinski definition) is 1. The first-order valence-corrected chi connectivity index (χ1v) is 7.89. The maximum Gasteiger partial charge on any atom is 0.245 e. The molecule has 0 aromatic heterocycles. The number of nitrogens with zero attached hydrogens (tertiary/aromatic N) is 1. The first kappa shape index (κ1) is 12.9. The Morgan fingerprint density at radius 1 is 1.10 bits per heavy atom. The van der Waals surface area contributed by atoms with Crippen LogP contribution in [0.3, 0.4) is 0 Å². The highest BCUT2D eigenvalue weighted by Crippen LogP contribution is 2.46. The second-order valence-corrected chi connectivity index (χ2v) is 6.48. The van der Waals surface area contributed by atoms with Gasteiger partial charge in [-0.2, -0.15) is 0 Å². The van der Waals surface area contributed by atoms with Crippen LogP contribution in [0, 0.1) is 5.92 Å². The molecule has 2 aliphatic carbocycles. The molecule has 4 rings (SSSR count). The number of carbonyl (C=O) groups is 2. The molecule has 3 aliphatic rings. The van der Waals surface area contributed by atoms with Crippen LogP contribution in [0.1, 0.15) is 37.2 Å². The van der Waals surface area contributed by atoms with E-state index in [0.717, 1.165) is 19.3 Å². The molecule has 0 spiro atoms. The van der Waals surface area contributed by atoms with Gasteiger partial charge in [-0.15, -0.1) is 0 Å². The van der Waals surface area contributed by atoms with Crippen molar-refractivity contribution >= 4 is 11.8 Å². The van der Waals surface area contributed by atoms with Crippen LogP contribution in [0.2, 0.25) is 0 Å². The third-order valence-corrected chi connectivity index (χ3v) is 4.92. The standard InChI is InChI=1S/C17H20N2O2/c20-15-8-9-19(17(21)16(18-15)12-6-7-12)14-10-13(14)11-4-2-1-3-5-11/h1-5,12-14,16H,6-10H2,(H,18,20). The van der Waals surface area contributed by atoms with E-state index in [4.69, 9.17) is 0 Å². The van der Waals surface area contributed by atoms with Crippen LogP contribution in [0.5, 0.6) is 0 Å². The van der Waals surface area contributed by atoms with Crippen molar-refractivity contribution in [3.63, 3.8) is 0 Å². The van der Waals surface area contributed by atoms with Crippen LogP contribution in [0.15, 0.2) is 30.3 Å². The minimum absolute atomic E-state index is 0.0275. The number of carbonyl (C=O) groups excluding carboxylic acids is 2. The molecule has 0 radical (unpaired) electrons. The van der Waals surface area contributed by atoms with Crippen molar-refractivity contribution in [2.45, 2.75) is 43.7 Å². The molecule has 1 aromatic carbocycles. The van der Waals surface area contributed by atoms with Crippen molar-refractivity contribution in [3.05, 3.63) is 35.9 Å². The summed E-state index contributed by atoms with van der Waals surface area (Å²) >= 11 is 0. The predicted molar refractivity (Wildman–Crippen MR) is 78.6 cm³/mol. The van der Waals surface area contributed by atoms with Gasteiger partial charge in [0, 0.05) is 24.9 Å². The van der Waals surface area contributed by atoms with E-state index in [1.54, 1.807) is 0 Å². The molecule has 1 aliphatic heterocycles. The van der Waals surface area contributed by atoms with Crippen LogP contribution in [0.4, 0.5) is 0 Å². The molecule has 3 unspecified atom stereocenters. The molecule has 1 saturated heterocycles. The van der Waals surface area contributed by atoms with Gasteiger partial charge in [0.25, 0.3) is 0 Å². The summed E-state index contributed by atoms with van der Waals surface area (Å²) < 4.78 is 0. The Morgan fingerprint density at radius 3 is 2.57 bits per heavy atom. The van der Waals surface area contributed by atoms with E-state index in [9.17, 15) is 9.59 Å². The Labute approximate surface area is 124 Å². The van der Waals surface area contributed by atoms with E-state index >= 15 is 0 Å². The highest BCUT2D eigenvalue weighted by molar-refractivity contribution is 5.91. The van der Waals surface area contributed by atoms with Crippen LogP contribution in [-0.2, 0) is 9.59 Å². The summed E-state index contributed by atoms with van der Waals surface area (Å²) in [5.41, 5.74) is 1.31. The lowest BCUT2D eigenvalue weighted by atomic mass is 10.1. The Morgan fingerprint density at radius 2 is 1.86 bits per heavy atom. The van der Waals surface area contributed by atoms with Crippen molar-refractivity contribution in [1.82, 2.24) is 10.2 Å². The third kappa shape index (κ3) is 2.43. The molecule has 21 heavy (non-hydrogen) atoms. The Kier molecular flexibility index (Phi) is 2.98. The summed E-state index contributed by atoms with van der Waals surface area (Å²) in [5, 5.41) is 2.93. The fourth-order valence-electron chi connectivity index (χ4n) is 3.48. The van der Waals surface area contributed by atoms with Gasteiger partial charge in [-0.3, -0.25) is 9.59 Å². The van der Waals surface area contributed by atoms with Crippen LogP contribution in [0.25, 0.3) is 0 Å². The minimum atomic E-state index is -0.267. The molecule has 4 heteroatoms. The molecule has 0 bridgehead atoms. The maximum atomic E-state index is 12.7. The van der Waals surface area contributed by atoms with Crippen LogP contribution < -0.4 is 5.32 Å². The van der Waals surface area contributed by atoms with E-state index in [2.05, 4.69) is 17.4 Å². The molecular weight excluding hydrogens is 264 g/mol. The summed E-state index contributed by atoms with van der Waals surface area (Å²) in [7, 11) is 0. The van der Waals surface area contributed by atoms with Crippen molar-refractivity contribution in [3.8, 4) is 0 Å². The highest BCUT2D eigenvalue weighted by atomic mass is 16.2. The van der Waals surface area contributed by atoms with Crippen molar-refractivity contribution in [2.24, 2.45) is 5.92 Å². The van der Waals surface area contributed by atoms with Gasteiger partial charge < -0.3 is 10.2 Å². The minimum Gasteiger partial charge on any atom is -0.344 e. The third-order valence-electron chi connectivity index (χ3n) is 4.92. The Balaban J connectivity index is 1.52. The van der Waals surface area contributed by atoms with E-state index in [-0.39, 0.29) is 23.9 Å². The number of hydrogen-bond acceptors (Lipinski definition) is 2. The van der Waals surface area contributed by atoms with Gasteiger partial charge >= 0.3 is 0 Å². The lowest BCUT2D eigenvalue weighted by Gasteiger charge is -2.24. The first-order chi connectivity index (χ1) is 10.2. The Bertz CT molecular complexity index is 567. The number of nitrogens with one attached hydrogen (secondary N) is 1. The molecule has 1 heterocycles. The van der Waals surface area contributed by atoms with Gasteiger partial charge in [-0.25, -0.2) is 0 Å². The second kappa shape index (κ2) is 4.86. The van der Waals surface area contributed by atoms with Gasteiger partial charge in [0.1, 0.15) is 6.04 Å².